The van der Waals surface area contributed by atoms with Gasteiger partial charge in [0.2, 0.25) is 0 Å². The number of hydrogen-bond acceptors (Lipinski definition) is 5. The van der Waals surface area contributed by atoms with E-state index in [-0.39, 0.29) is 11.7 Å². The molecule has 0 aliphatic rings. The lowest BCUT2D eigenvalue weighted by Gasteiger charge is -2.13. The Labute approximate surface area is 187 Å². The van der Waals surface area contributed by atoms with E-state index in [1.807, 2.05) is 0 Å². The van der Waals surface area contributed by atoms with Crippen LogP contribution >= 0.6 is 12.2 Å². The molecule has 3 N–H and O–H groups in total. The van der Waals surface area contributed by atoms with Gasteiger partial charge in [0.25, 0.3) is 11.8 Å². The molecule has 2 rings (SSSR count). The van der Waals surface area contributed by atoms with Crippen molar-refractivity contribution in [3.63, 3.8) is 0 Å². The molecule has 0 fully saturated rings. The fraction of sp³-hybridized carbons (Fsp3) is 0.261. The minimum absolute atomic E-state index is 0.0391. The molecule has 0 saturated carbocycles. The largest absolute Gasteiger partial charge is 0.494 e. The molecule has 0 radical (unpaired) electrons. The fourth-order valence-electron chi connectivity index (χ4n) is 2.56. The fourth-order valence-corrected chi connectivity index (χ4v) is 2.70. The van der Waals surface area contributed by atoms with Crippen molar-refractivity contribution < 1.29 is 19.1 Å². The minimum Gasteiger partial charge on any atom is -0.494 e. The molecule has 2 aromatic rings. The molecule has 164 valence electrons. The highest BCUT2D eigenvalue weighted by Gasteiger charge is 2.13. The van der Waals surface area contributed by atoms with E-state index in [0.717, 1.165) is 19.3 Å². The maximum atomic E-state index is 12.4. The van der Waals surface area contributed by atoms with Gasteiger partial charge in [-0.15, -0.1) is 0 Å². The third-order valence-electron chi connectivity index (χ3n) is 4.14. The molecule has 8 heteroatoms. The molecule has 0 aromatic heterocycles. The molecule has 2 aromatic carbocycles. The summed E-state index contributed by atoms with van der Waals surface area (Å²) >= 11 is 5.08. The molecule has 0 atom stereocenters. The van der Waals surface area contributed by atoms with Crippen molar-refractivity contribution in [2.75, 3.05) is 13.2 Å². The minimum atomic E-state index is -0.458. The topological polar surface area (TPSA) is 88.7 Å². The number of unbranched alkanes of at least 4 members (excludes halogenated alkanes) is 2. The van der Waals surface area contributed by atoms with Crippen molar-refractivity contribution in [2.45, 2.75) is 26.2 Å². The van der Waals surface area contributed by atoms with Gasteiger partial charge in [0.1, 0.15) is 18.1 Å². The number of rotatable bonds is 10. The van der Waals surface area contributed by atoms with Gasteiger partial charge in [-0.2, -0.15) is 0 Å². The van der Waals surface area contributed by atoms with Crippen LogP contribution in [0.15, 0.2) is 61.2 Å². The van der Waals surface area contributed by atoms with Crippen molar-refractivity contribution in [1.29, 1.82) is 0 Å². The highest BCUT2D eigenvalue weighted by atomic mass is 32.1. The van der Waals surface area contributed by atoms with Crippen molar-refractivity contribution in [3.05, 3.63) is 72.3 Å². The van der Waals surface area contributed by atoms with Gasteiger partial charge in [-0.05, 0) is 55.0 Å². The van der Waals surface area contributed by atoms with Gasteiger partial charge in [0, 0.05) is 5.56 Å². The van der Waals surface area contributed by atoms with Crippen molar-refractivity contribution in [3.8, 4) is 11.5 Å². The first-order valence-electron chi connectivity index (χ1n) is 10.0. The first-order chi connectivity index (χ1) is 15.0. The van der Waals surface area contributed by atoms with E-state index in [9.17, 15) is 9.59 Å². The number of carbonyl (C=O) groups excluding carboxylic acids is 2. The number of thiocarbonyl (C=S) groups is 1. The van der Waals surface area contributed by atoms with Gasteiger partial charge < -0.3 is 9.47 Å². The molecule has 0 saturated heterocycles. The van der Waals surface area contributed by atoms with Crippen LogP contribution in [0.5, 0.6) is 11.5 Å². The second kappa shape index (κ2) is 13.0. The summed E-state index contributed by atoms with van der Waals surface area (Å²) in [6, 6.07) is 13.5. The van der Waals surface area contributed by atoms with Gasteiger partial charge in [-0.25, -0.2) is 0 Å². The van der Waals surface area contributed by atoms with Gasteiger partial charge in [-0.1, -0.05) is 44.6 Å². The third-order valence-corrected chi connectivity index (χ3v) is 4.34. The molecule has 31 heavy (non-hydrogen) atoms. The van der Waals surface area contributed by atoms with Crippen molar-refractivity contribution in [2.24, 2.45) is 0 Å². The lowest BCUT2D eigenvalue weighted by Crippen LogP contribution is -2.48. The van der Waals surface area contributed by atoms with E-state index in [1.165, 1.54) is 0 Å². The molecular weight excluding hydrogens is 414 g/mol. The Kier molecular flexibility index (Phi) is 10.0. The van der Waals surface area contributed by atoms with E-state index in [2.05, 4.69) is 29.7 Å². The maximum Gasteiger partial charge on any atom is 0.273 e. The maximum absolute atomic E-state index is 12.4. The zero-order chi connectivity index (χ0) is 22.5. The third kappa shape index (κ3) is 8.10. The van der Waals surface area contributed by atoms with E-state index >= 15 is 0 Å². The summed E-state index contributed by atoms with van der Waals surface area (Å²) in [6.07, 6.45) is 4.83. The van der Waals surface area contributed by atoms with Crippen LogP contribution in [0.3, 0.4) is 0 Å². The second-order valence-electron chi connectivity index (χ2n) is 6.54. The average molecular weight is 442 g/mol. The van der Waals surface area contributed by atoms with Gasteiger partial charge in [0.15, 0.2) is 5.11 Å². The predicted octanol–water partition coefficient (Wildman–Crippen LogP) is 3.77. The molecule has 2 amide bonds. The summed E-state index contributed by atoms with van der Waals surface area (Å²) in [6.45, 7) is 6.64. The van der Waals surface area contributed by atoms with E-state index in [4.69, 9.17) is 21.7 Å². The van der Waals surface area contributed by atoms with Gasteiger partial charge in [0.05, 0.1) is 12.2 Å². The summed E-state index contributed by atoms with van der Waals surface area (Å²) in [5.41, 5.74) is 5.70. The number of hydrazine groups is 1. The normalized spacial score (nSPS) is 9.97. The Morgan fingerprint density at radius 1 is 1.00 bits per heavy atom. The molecule has 0 aliphatic heterocycles. The molecule has 0 unspecified atom stereocenters. The summed E-state index contributed by atoms with van der Waals surface area (Å²) in [4.78, 5) is 24.7. The number of carbonyl (C=O) groups is 2. The summed E-state index contributed by atoms with van der Waals surface area (Å²) in [5.74, 6) is 0.256. The summed E-state index contributed by atoms with van der Waals surface area (Å²) in [5, 5.41) is 2.47. The van der Waals surface area contributed by atoms with E-state index < -0.39 is 11.8 Å². The Balaban J connectivity index is 1.82. The Morgan fingerprint density at radius 3 is 2.45 bits per heavy atom. The zero-order valence-electron chi connectivity index (χ0n) is 17.5. The number of para-hydroxylation sites is 1. The SMILES string of the molecule is C=CCOc1ccccc1C(=O)NNC(=S)NC(=O)c1ccc(OCCCCC)cc1. The van der Waals surface area contributed by atoms with Crippen LogP contribution in [0.2, 0.25) is 0 Å². The number of hydrogen-bond donors (Lipinski definition) is 3. The van der Waals surface area contributed by atoms with Crippen molar-refractivity contribution >= 4 is 29.1 Å². The first-order valence-corrected chi connectivity index (χ1v) is 10.4. The number of nitrogens with one attached hydrogen (secondary N) is 3. The number of ether oxygens (including phenoxy) is 2. The lowest BCUT2D eigenvalue weighted by atomic mass is 10.2. The smallest absolute Gasteiger partial charge is 0.273 e. The number of benzene rings is 2. The molecular formula is C23H27N3O4S. The molecule has 7 nitrogen and oxygen atoms in total. The highest BCUT2D eigenvalue weighted by Crippen LogP contribution is 2.17. The Morgan fingerprint density at radius 2 is 1.74 bits per heavy atom. The average Bonchev–Trinajstić information content (AvgIpc) is 2.79. The van der Waals surface area contributed by atoms with E-state index in [0.29, 0.717) is 29.2 Å². The van der Waals surface area contributed by atoms with Crippen LogP contribution in [0.4, 0.5) is 0 Å². The van der Waals surface area contributed by atoms with Crippen LogP contribution in [0.1, 0.15) is 46.9 Å². The van der Waals surface area contributed by atoms with Crippen molar-refractivity contribution in [1.82, 2.24) is 16.2 Å². The van der Waals surface area contributed by atoms with Crippen LogP contribution < -0.4 is 25.6 Å². The van der Waals surface area contributed by atoms with Crippen LogP contribution in [-0.4, -0.2) is 30.1 Å². The first kappa shape index (κ1) is 23.9. The summed E-state index contributed by atoms with van der Waals surface area (Å²) in [7, 11) is 0. The molecule has 0 spiro atoms. The summed E-state index contributed by atoms with van der Waals surface area (Å²) < 4.78 is 11.1. The standard InChI is InChI=1S/C23H27N3O4S/c1-3-5-8-16-29-18-13-11-17(12-14-18)21(27)24-23(31)26-25-22(28)19-9-6-7-10-20(19)30-15-4-2/h4,6-7,9-14H,2-3,5,8,15-16H2,1H3,(H,25,28)(H2,24,26,27,31). The predicted molar refractivity (Wildman–Crippen MR) is 124 cm³/mol. The number of amides is 2. The Hall–Kier alpha value is -3.39. The van der Waals surface area contributed by atoms with Crippen LogP contribution in [-0.2, 0) is 0 Å². The van der Waals surface area contributed by atoms with Gasteiger partial charge >= 0.3 is 0 Å². The van der Waals surface area contributed by atoms with Crippen LogP contribution in [0.25, 0.3) is 0 Å². The second-order valence-corrected chi connectivity index (χ2v) is 6.95. The molecule has 0 bridgehead atoms. The quantitative estimate of drug-likeness (QED) is 0.225. The van der Waals surface area contributed by atoms with Crippen LogP contribution in [0, 0.1) is 0 Å². The van der Waals surface area contributed by atoms with Gasteiger partial charge in [-0.3, -0.25) is 25.8 Å². The molecule has 0 aliphatic carbocycles. The zero-order valence-corrected chi connectivity index (χ0v) is 18.3. The molecule has 0 heterocycles. The monoisotopic (exact) mass is 441 g/mol. The van der Waals surface area contributed by atoms with E-state index in [1.54, 1.807) is 54.6 Å². The lowest BCUT2D eigenvalue weighted by molar-refractivity contribution is 0.0931. The Bertz CT molecular complexity index is 900. The highest BCUT2D eigenvalue weighted by molar-refractivity contribution is 7.80.